The topological polar surface area (TPSA) is 28.2 Å². The van der Waals surface area contributed by atoms with Crippen LogP contribution in [-0.4, -0.2) is 35.0 Å². The Bertz CT molecular complexity index is 721. The summed E-state index contributed by atoms with van der Waals surface area (Å²) < 4.78 is 0. The van der Waals surface area contributed by atoms with Crippen LogP contribution in [0.4, 0.5) is 5.69 Å². The van der Waals surface area contributed by atoms with Crippen molar-refractivity contribution in [1.82, 2.24) is 9.88 Å². The highest BCUT2D eigenvalue weighted by Crippen LogP contribution is 2.43. The number of nitrogens with zero attached hydrogens (tertiary/aromatic N) is 2. The van der Waals surface area contributed by atoms with Gasteiger partial charge in [-0.15, -0.1) is 0 Å². The third kappa shape index (κ3) is 2.77. The second kappa shape index (κ2) is 6.02. The van der Waals surface area contributed by atoms with Gasteiger partial charge in [0.2, 0.25) is 0 Å². The number of likely N-dealkylation sites (tertiary alicyclic amines) is 1. The van der Waals surface area contributed by atoms with E-state index < -0.39 is 0 Å². The average molecular weight is 323 g/mol. The normalized spacial score (nSPS) is 22.0. The number of aromatic nitrogens is 1. The molecule has 3 nitrogen and oxygen atoms in total. The molecule has 3 heterocycles. The van der Waals surface area contributed by atoms with Gasteiger partial charge in [0.15, 0.2) is 0 Å². The van der Waals surface area contributed by atoms with Crippen LogP contribution < -0.4 is 5.32 Å². The average Bonchev–Trinajstić information content (AvgIpc) is 2.91. The van der Waals surface area contributed by atoms with Crippen LogP contribution in [0, 0.1) is 5.92 Å². The molecule has 0 amide bonds. The van der Waals surface area contributed by atoms with Crippen molar-refractivity contribution in [1.29, 1.82) is 0 Å². The Morgan fingerprint density at radius 2 is 2.00 bits per heavy atom. The zero-order valence-electron chi connectivity index (χ0n) is 13.3. The summed E-state index contributed by atoms with van der Waals surface area (Å²) in [5, 5.41) is 3.43. The lowest BCUT2D eigenvalue weighted by Gasteiger charge is -2.32. The lowest BCUT2D eigenvalue weighted by atomic mass is 9.80. The van der Waals surface area contributed by atoms with E-state index in [2.05, 4.69) is 46.5 Å². The first-order valence-corrected chi connectivity index (χ1v) is 8.68. The SMILES string of the molecule is CN1CCC(C2C(=S)Nc3ccc(-c4ccccn4)cc32)CC1. The molecule has 4 rings (SSSR count). The number of fused-ring (bicyclic) bond motifs is 1. The number of rotatable bonds is 2. The number of pyridine rings is 1. The molecule has 118 valence electrons. The van der Waals surface area contributed by atoms with E-state index in [1.54, 1.807) is 0 Å². The van der Waals surface area contributed by atoms with Gasteiger partial charge in [-0.25, -0.2) is 0 Å². The predicted octanol–water partition coefficient (Wildman–Crippen LogP) is 3.93. The third-order valence-corrected chi connectivity index (χ3v) is 5.48. The summed E-state index contributed by atoms with van der Waals surface area (Å²) in [6.07, 6.45) is 4.28. The van der Waals surface area contributed by atoms with Crippen molar-refractivity contribution in [3.63, 3.8) is 0 Å². The van der Waals surface area contributed by atoms with Crippen molar-refractivity contribution in [3.05, 3.63) is 48.2 Å². The number of anilines is 1. The van der Waals surface area contributed by atoms with E-state index in [0.717, 1.165) is 10.7 Å². The summed E-state index contributed by atoms with van der Waals surface area (Å²) in [4.78, 5) is 7.88. The largest absolute Gasteiger partial charge is 0.349 e. The zero-order chi connectivity index (χ0) is 15.8. The molecule has 1 aromatic heterocycles. The highest BCUT2D eigenvalue weighted by Gasteiger charge is 2.35. The van der Waals surface area contributed by atoms with Crippen LogP contribution in [0.3, 0.4) is 0 Å². The van der Waals surface area contributed by atoms with Gasteiger partial charge in [0.05, 0.1) is 10.7 Å². The van der Waals surface area contributed by atoms with Gasteiger partial charge in [0.25, 0.3) is 0 Å². The summed E-state index contributed by atoms with van der Waals surface area (Å²) in [6.45, 7) is 2.33. The molecule has 2 aliphatic rings. The Labute approximate surface area is 142 Å². The first-order chi connectivity index (χ1) is 11.2. The molecule has 2 aliphatic heterocycles. The van der Waals surface area contributed by atoms with Gasteiger partial charge >= 0.3 is 0 Å². The molecule has 1 unspecified atom stereocenters. The van der Waals surface area contributed by atoms with Crippen LogP contribution in [0.2, 0.25) is 0 Å². The minimum absolute atomic E-state index is 0.359. The molecule has 1 aromatic carbocycles. The number of benzene rings is 1. The number of hydrogen-bond donors (Lipinski definition) is 1. The molecule has 0 bridgehead atoms. The Balaban J connectivity index is 1.68. The van der Waals surface area contributed by atoms with Crippen LogP contribution in [0.25, 0.3) is 11.3 Å². The van der Waals surface area contributed by atoms with E-state index >= 15 is 0 Å². The molecule has 4 heteroatoms. The van der Waals surface area contributed by atoms with Crippen molar-refractivity contribution >= 4 is 22.9 Å². The van der Waals surface area contributed by atoms with E-state index in [1.165, 1.54) is 42.7 Å². The van der Waals surface area contributed by atoms with Gasteiger partial charge in [-0.05, 0) is 68.7 Å². The maximum Gasteiger partial charge on any atom is 0.0876 e. The summed E-state index contributed by atoms with van der Waals surface area (Å²) >= 11 is 5.68. The molecule has 0 radical (unpaired) electrons. The number of hydrogen-bond acceptors (Lipinski definition) is 3. The van der Waals surface area contributed by atoms with E-state index in [1.807, 2.05) is 18.3 Å². The van der Waals surface area contributed by atoms with Gasteiger partial charge in [-0.3, -0.25) is 4.98 Å². The Kier molecular flexibility index (Phi) is 3.87. The first kappa shape index (κ1) is 14.8. The highest BCUT2D eigenvalue weighted by molar-refractivity contribution is 7.80. The minimum atomic E-state index is 0.359. The monoisotopic (exact) mass is 323 g/mol. The molecule has 2 aromatic rings. The molecule has 0 saturated carbocycles. The molecule has 23 heavy (non-hydrogen) atoms. The quantitative estimate of drug-likeness (QED) is 0.848. The summed E-state index contributed by atoms with van der Waals surface area (Å²) in [5.74, 6) is 1.00. The molecular weight excluding hydrogens is 302 g/mol. The highest BCUT2D eigenvalue weighted by atomic mass is 32.1. The van der Waals surface area contributed by atoms with Crippen molar-refractivity contribution in [2.45, 2.75) is 18.8 Å². The van der Waals surface area contributed by atoms with Crippen LogP contribution in [0.5, 0.6) is 0 Å². The summed E-state index contributed by atoms with van der Waals surface area (Å²) in [5.41, 5.74) is 4.73. The van der Waals surface area contributed by atoms with Gasteiger partial charge in [-0.1, -0.05) is 24.4 Å². The van der Waals surface area contributed by atoms with E-state index in [4.69, 9.17) is 12.2 Å². The van der Waals surface area contributed by atoms with Crippen molar-refractivity contribution < 1.29 is 0 Å². The molecule has 1 N–H and O–H groups in total. The lowest BCUT2D eigenvalue weighted by Crippen LogP contribution is -2.34. The van der Waals surface area contributed by atoms with Crippen molar-refractivity contribution in [2.24, 2.45) is 5.92 Å². The van der Waals surface area contributed by atoms with Gasteiger partial charge in [0, 0.05) is 23.4 Å². The first-order valence-electron chi connectivity index (χ1n) is 8.27. The maximum atomic E-state index is 5.68. The second-order valence-corrected chi connectivity index (χ2v) is 7.06. The number of piperidine rings is 1. The van der Waals surface area contributed by atoms with E-state index in [-0.39, 0.29) is 0 Å². The fraction of sp³-hybridized carbons (Fsp3) is 0.368. The van der Waals surface area contributed by atoms with Crippen molar-refractivity contribution in [3.8, 4) is 11.3 Å². The van der Waals surface area contributed by atoms with Gasteiger partial charge in [-0.2, -0.15) is 0 Å². The van der Waals surface area contributed by atoms with Crippen LogP contribution in [0.15, 0.2) is 42.6 Å². The van der Waals surface area contributed by atoms with E-state index in [9.17, 15) is 0 Å². The van der Waals surface area contributed by atoms with Crippen LogP contribution >= 0.6 is 12.2 Å². The molecule has 0 aliphatic carbocycles. The van der Waals surface area contributed by atoms with Crippen LogP contribution in [-0.2, 0) is 0 Å². The number of nitrogens with one attached hydrogen (secondary N) is 1. The maximum absolute atomic E-state index is 5.68. The van der Waals surface area contributed by atoms with Gasteiger partial charge < -0.3 is 10.2 Å². The Hall–Kier alpha value is -1.78. The standard InChI is InChI=1S/C19H21N3S/c1-22-10-7-13(8-11-22)18-15-12-14(16-4-2-3-9-20-16)5-6-17(15)21-19(18)23/h2-6,9,12-13,18H,7-8,10-11H2,1H3,(H,21,23). The predicted molar refractivity (Wildman–Crippen MR) is 98.9 cm³/mol. The Morgan fingerprint density at radius 1 is 1.17 bits per heavy atom. The molecular formula is C19H21N3S. The third-order valence-electron chi connectivity index (χ3n) is 5.12. The lowest BCUT2D eigenvalue weighted by molar-refractivity contribution is 0.214. The second-order valence-electron chi connectivity index (χ2n) is 6.62. The number of thiocarbonyl (C=S) groups is 1. The van der Waals surface area contributed by atoms with Crippen LogP contribution in [0.1, 0.15) is 24.3 Å². The fourth-order valence-electron chi connectivity index (χ4n) is 3.81. The fourth-order valence-corrected chi connectivity index (χ4v) is 4.24. The molecule has 0 spiro atoms. The zero-order valence-corrected chi connectivity index (χ0v) is 14.1. The molecule has 1 atom stereocenters. The van der Waals surface area contributed by atoms with E-state index in [0.29, 0.717) is 11.8 Å². The Morgan fingerprint density at radius 3 is 2.74 bits per heavy atom. The summed E-state index contributed by atoms with van der Waals surface area (Å²) in [7, 11) is 2.20. The molecule has 1 saturated heterocycles. The summed E-state index contributed by atoms with van der Waals surface area (Å²) in [6, 6.07) is 12.6. The smallest absolute Gasteiger partial charge is 0.0876 e. The van der Waals surface area contributed by atoms with Crippen molar-refractivity contribution in [2.75, 3.05) is 25.5 Å². The molecule has 1 fully saturated rings. The minimum Gasteiger partial charge on any atom is -0.349 e. The van der Waals surface area contributed by atoms with Gasteiger partial charge in [0.1, 0.15) is 0 Å².